The molecule has 7 heavy (non-hydrogen) atoms. The largest absolute Gasteiger partial charge is 3.00 e. The Bertz CT molecular complexity index is 19.7. The summed E-state index contributed by atoms with van der Waals surface area (Å²) in [6.45, 7) is 0. The van der Waals surface area contributed by atoms with E-state index in [-0.39, 0.29) is 51.8 Å². The maximum absolute atomic E-state index is 8.42. The zero-order valence-corrected chi connectivity index (χ0v) is 6.46. The van der Waals surface area contributed by atoms with E-state index in [1.165, 1.54) is 0 Å². The van der Waals surface area contributed by atoms with Gasteiger partial charge in [-0.25, -0.2) is 0 Å². The van der Waals surface area contributed by atoms with E-state index in [4.69, 9.17) is 15.1 Å². The predicted molar refractivity (Wildman–Crippen MR) is 11.5 cm³/mol. The van der Waals surface area contributed by atoms with E-state index in [1.54, 1.807) is 0 Å². The first-order valence-corrected chi connectivity index (χ1v) is 0.707. The predicted octanol–water partition coefficient (Wildman–Crippen LogP) is -4.33. The Morgan fingerprint density at radius 1 is 1.00 bits per heavy atom. The fourth-order valence-electron chi connectivity index (χ4n) is 0. The van der Waals surface area contributed by atoms with Crippen LogP contribution in [0, 0.1) is 0 Å². The summed E-state index contributed by atoms with van der Waals surface area (Å²) in [5.41, 5.74) is 0. The SMILES string of the molecule is [Al+3].[Cr+3].[Cu+2].[O-]B([O-])[O-]. The van der Waals surface area contributed by atoms with E-state index < -0.39 is 7.32 Å². The molecule has 0 spiro atoms. The van der Waals surface area contributed by atoms with Gasteiger partial charge in [0.15, 0.2) is 0 Å². The first kappa shape index (κ1) is 23.6. The number of hydrogen-bond donors (Lipinski definition) is 0. The van der Waals surface area contributed by atoms with Gasteiger partial charge in [0.25, 0.3) is 0 Å². The zero-order valence-electron chi connectivity index (χ0n) is 3.09. The fraction of sp³-hybridized carbons (Fsp3) is 0. The third-order valence-electron chi connectivity index (χ3n) is 0. The van der Waals surface area contributed by atoms with Crippen LogP contribution < -0.4 is 15.1 Å². The molecule has 0 aromatic heterocycles. The second kappa shape index (κ2) is 15.6. The van der Waals surface area contributed by atoms with Crippen LogP contribution in [0.15, 0.2) is 0 Å². The molecule has 7 heteroatoms. The summed E-state index contributed by atoms with van der Waals surface area (Å²) < 4.78 is 0. The maximum Gasteiger partial charge on any atom is 3.00 e. The molecular weight excluding hydrogens is 201 g/mol. The molecule has 0 bridgehead atoms. The molecule has 0 aromatic rings. The van der Waals surface area contributed by atoms with Crippen molar-refractivity contribution in [1.29, 1.82) is 0 Å². The Hall–Kier alpha value is 1.53. The van der Waals surface area contributed by atoms with Gasteiger partial charge in [0.2, 0.25) is 0 Å². The van der Waals surface area contributed by atoms with Crippen molar-refractivity contribution in [3.63, 3.8) is 0 Å². The van der Waals surface area contributed by atoms with E-state index in [0.717, 1.165) is 0 Å². The van der Waals surface area contributed by atoms with Crippen molar-refractivity contribution in [1.82, 2.24) is 0 Å². The Morgan fingerprint density at radius 2 is 1.00 bits per heavy atom. The average molecular weight is 201 g/mol. The maximum atomic E-state index is 8.42. The molecule has 0 fully saturated rings. The summed E-state index contributed by atoms with van der Waals surface area (Å²) in [5, 5.41) is 25.2. The standard InChI is InChI=1S/Al.BO3.Cr.Cu/c;2-1(3)4;;/q+3;-3;+3;+2. The minimum Gasteiger partial charge on any atom is -0.907 e. The van der Waals surface area contributed by atoms with Gasteiger partial charge in [0.1, 0.15) is 0 Å². The van der Waals surface area contributed by atoms with Crippen molar-refractivity contribution in [2.45, 2.75) is 0 Å². The summed E-state index contributed by atoms with van der Waals surface area (Å²) in [6.07, 6.45) is 0. The molecule has 0 aliphatic carbocycles. The van der Waals surface area contributed by atoms with E-state index in [2.05, 4.69) is 0 Å². The van der Waals surface area contributed by atoms with Gasteiger partial charge >= 0.3 is 51.8 Å². The molecule has 0 aliphatic heterocycles. The van der Waals surface area contributed by atoms with Crippen LogP contribution in [0.25, 0.3) is 0 Å². The van der Waals surface area contributed by atoms with Crippen LogP contribution in [0.5, 0.6) is 0 Å². The van der Waals surface area contributed by atoms with Crippen molar-refractivity contribution in [3.05, 3.63) is 0 Å². The number of rotatable bonds is 0. The van der Waals surface area contributed by atoms with Crippen LogP contribution in [-0.4, -0.2) is 24.7 Å². The quantitative estimate of drug-likeness (QED) is 0.372. The van der Waals surface area contributed by atoms with Gasteiger partial charge in [-0.1, -0.05) is 0 Å². The summed E-state index contributed by atoms with van der Waals surface area (Å²) in [6, 6.07) is 0. The van der Waals surface area contributed by atoms with Gasteiger partial charge in [-0.05, 0) is 0 Å². The molecule has 0 unspecified atom stereocenters. The third-order valence-corrected chi connectivity index (χ3v) is 0. The molecule has 0 saturated carbocycles. The molecular formula is AlBCrCuO3+5. The molecule has 0 aromatic carbocycles. The molecule has 0 saturated heterocycles. The fourth-order valence-corrected chi connectivity index (χ4v) is 0. The smallest absolute Gasteiger partial charge is 0.907 e. The van der Waals surface area contributed by atoms with Gasteiger partial charge in [-0.2, -0.15) is 0 Å². The Labute approximate surface area is 74.0 Å². The van der Waals surface area contributed by atoms with E-state index in [1.807, 2.05) is 0 Å². The van der Waals surface area contributed by atoms with Gasteiger partial charge in [0, 0.05) is 0 Å². The second-order valence-electron chi connectivity index (χ2n) is 0.289. The van der Waals surface area contributed by atoms with Crippen molar-refractivity contribution in [2.24, 2.45) is 0 Å². The monoisotopic (exact) mass is 201 g/mol. The van der Waals surface area contributed by atoms with Crippen LogP contribution in [-0.2, 0) is 34.4 Å². The molecule has 0 N–H and O–H groups in total. The summed E-state index contributed by atoms with van der Waals surface area (Å²) in [5.74, 6) is 0. The molecule has 0 amide bonds. The van der Waals surface area contributed by atoms with Crippen molar-refractivity contribution >= 4 is 24.7 Å². The Morgan fingerprint density at radius 3 is 1.00 bits per heavy atom. The van der Waals surface area contributed by atoms with Gasteiger partial charge in [-0.3, -0.25) is 7.32 Å². The van der Waals surface area contributed by atoms with Crippen LogP contribution in [0.4, 0.5) is 0 Å². The summed E-state index contributed by atoms with van der Waals surface area (Å²) >= 11 is 0. The molecule has 0 atom stereocenters. The van der Waals surface area contributed by atoms with Gasteiger partial charge < -0.3 is 15.1 Å². The van der Waals surface area contributed by atoms with Crippen molar-refractivity contribution in [2.75, 3.05) is 0 Å². The van der Waals surface area contributed by atoms with E-state index in [9.17, 15) is 0 Å². The van der Waals surface area contributed by atoms with Gasteiger partial charge in [0.05, 0.1) is 0 Å². The normalized spacial score (nSPS) is 3.86. The van der Waals surface area contributed by atoms with E-state index in [0.29, 0.717) is 0 Å². The van der Waals surface area contributed by atoms with Crippen molar-refractivity contribution in [3.8, 4) is 0 Å². The topological polar surface area (TPSA) is 69.2 Å². The number of hydrogen-bond acceptors (Lipinski definition) is 3. The minimum atomic E-state index is -2.92. The molecule has 0 aliphatic rings. The Kier molecular flexibility index (Phi) is 52.7. The van der Waals surface area contributed by atoms with E-state index >= 15 is 0 Å². The first-order chi connectivity index (χ1) is 1.73. The molecule has 0 heterocycles. The van der Waals surface area contributed by atoms with Crippen LogP contribution in [0.2, 0.25) is 0 Å². The van der Waals surface area contributed by atoms with Crippen molar-refractivity contribution < 1.29 is 49.5 Å². The van der Waals surface area contributed by atoms with Gasteiger partial charge in [-0.15, -0.1) is 0 Å². The first-order valence-electron chi connectivity index (χ1n) is 0.707. The average Bonchev–Trinajstić information content (AvgIpc) is 0.811. The minimum absolute atomic E-state index is 0. The zero-order chi connectivity index (χ0) is 3.58. The molecule has 0 rings (SSSR count). The summed E-state index contributed by atoms with van der Waals surface area (Å²) in [7, 11) is -2.92. The Balaban J connectivity index is -0.0000000150. The van der Waals surface area contributed by atoms with Crippen LogP contribution >= 0.6 is 0 Å². The molecule has 2 radical (unpaired) electrons. The van der Waals surface area contributed by atoms with Crippen LogP contribution in [0.3, 0.4) is 0 Å². The third kappa shape index (κ3) is 98.4. The van der Waals surface area contributed by atoms with Crippen LogP contribution in [0.1, 0.15) is 0 Å². The molecule has 36 valence electrons. The second-order valence-corrected chi connectivity index (χ2v) is 0.289. The molecule has 3 nitrogen and oxygen atoms in total. The summed E-state index contributed by atoms with van der Waals surface area (Å²) in [4.78, 5) is 0.